The van der Waals surface area contributed by atoms with Crippen molar-refractivity contribution < 1.29 is 13.6 Å². The van der Waals surface area contributed by atoms with Gasteiger partial charge in [-0.25, -0.2) is 13.6 Å². The van der Waals surface area contributed by atoms with E-state index < -0.39 is 17.3 Å². The van der Waals surface area contributed by atoms with Crippen LogP contribution >= 0.6 is 0 Å². The van der Waals surface area contributed by atoms with Crippen molar-refractivity contribution in [3.05, 3.63) is 51.9 Å². The van der Waals surface area contributed by atoms with Gasteiger partial charge in [0.25, 0.3) is 0 Å². The van der Waals surface area contributed by atoms with Crippen LogP contribution in [0.3, 0.4) is 0 Å². The molecule has 1 saturated heterocycles. The van der Waals surface area contributed by atoms with E-state index in [1.807, 2.05) is 4.90 Å². The second-order valence-corrected chi connectivity index (χ2v) is 6.05. The number of rotatable bonds is 3. The smallest absolute Gasteiger partial charge is 0.351 e. The van der Waals surface area contributed by atoms with E-state index in [4.69, 9.17) is 0 Å². The molecule has 0 spiro atoms. The van der Waals surface area contributed by atoms with Crippen molar-refractivity contribution in [2.24, 2.45) is 0 Å². The van der Waals surface area contributed by atoms with Gasteiger partial charge in [-0.2, -0.15) is 4.98 Å². The summed E-state index contributed by atoms with van der Waals surface area (Å²) in [5.41, 5.74) is -0.306. The Bertz CT molecular complexity index is 914. The van der Waals surface area contributed by atoms with Crippen LogP contribution in [0.25, 0.3) is 0 Å². The largest absolute Gasteiger partial charge is 0.366 e. The zero-order valence-electron chi connectivity index (χ0n) is 13.1. The molecule has 3 heterocycles. The molecule has 1 aromatic heterocycles. The number of nitrogens with one attached hydrogen (secondary N) is 2. The van der Waals surface area contributed by atoms with Gasteiger partial charge >= 0.3 is 5.69 Å². The maximum absolute atomic E-state index is 13.7. The first-order chi connectivity index (χ1) is 12.0. The number of amides is 1. The SMILES string of the molecule is O=C1CN2c3cc(NCc4cccc(F)c4F)nc(=O)n3CC2CN1. The van der Waals surface area contributed by atoms with Crippen LogP contribution in [0, 0.1) is 11.6 Å². The van der Waals surface area contributed by atoms with Gasteiger partial charge < -0.3 is 15.5 Å². The van der Waals surface area contributed by atoms with E-state index in [9.17, 15) is 18.4 Å². The van der Waals surface area contributed by atoms with E-state index in [2.05, 4.69) is 15.6 Å². The molecule has 2 aromatic rings. The van der Waals surface area contributed by atoms with Gasteiger partial charge in [-0.05, 0) is 6.07 Å². The summed E-state index contributed by atoms with van der Waals surface area (Å²) in [5.74, 6) is -1.11. The molecule has 2 aliphatic heterocycles. The number of aromatic nitrogens is 2. The summed E-state index contributed by atoms with van der Waals surface area (Å²) in [4.78, 5) is 29.6. The average molecular weight is 347 g/mol. The lowest BCUT2D eigenvalue weighted by molar-refractivity contribution is -0.120. The Morgan fingerprint density at radius 1 is 1.32 bits per heavy atom. The Morgan fingerprint density at radius 2 is 2.16 bits per heavy atom. The number of nitrogens with zero attached hydrogens (tertiary/aromatic N) is 3. The number of piperazine rings is 1. The highest BCUT2D eigenvalue weighted by Gasteiger charge is 2.35. The van der Waals surface area contributed by atoms with Crippen molar-refractivity contribution in [3.8, 4) is 0 Å². The van der Waals surface area contributed by atoms with Crippen LogP contribution in [-0.4, -0.2) is 34.6 Å². The standard InChI is InChI=1S/C16H15F2N5O2/c17-11-3-1-2-9(15(11)18)5-19-12-4-14-22-8-13(24)20-6-10(22)7-23(14)16(25)21-12/h1-4,10H,5-8H2,(H,20,24)(H,19,21,25). The topological polar surface area (TPSA) is 79.3 Å². The highest BCUT2D eigenvalue weighted by molar-refractivity contribution is 5.83. The Balaban J connectivity index is 1.59. The van der Waals surface area contributed by atoms with Gasteiger partial charge in [0.2, 0.25) is 5.91 Å². The molecule has 25 heavy (non-hydrogen) atoms. The second-order valence-electron chi connectivity index (χ2n) is 6.05. The summed E-state index contributed by atoms with van der Waals surface area (Å²) < 4.78 is 28.5. The summed E-state index contributed by atoms with van der Waals surface area (Å²) >= 11 is 0. The maximum atomic E-state index is 13.7. The zero-order chi connectivity index (χ0) is 17.6. The van der Waals surface area contributed by atoms with Crippen LogP contribution in [0.1, 0.15) is 5.56 Å². The quantitative estimate of drug-likeness (QED) is 0.843. The van der Waals surface area contributed by atoms with Crippen LogP contribution in [0.5, 0.6) is 0 Å². The van der Waals surface area contributed by atoms with Gasteiger partial charge in [0, 0.05) is 24.7 Å². The molecular formula is C16H15F2N5O2. The molecule has 0 radical (unpaired) electrons. The number of benzene rings is 1. The van der Waals surface area contributed by atoms with Crippen molar-refractivity contribution >= 4 is 17.5 Å². The van der Waals surface area contributed by atoms with Gasteiger partial charge in [-0.1, -0.05) is 12.1 Å². The predicted molar refractivity (Wildman–Crippen MR) is 86.3 cm³/mol. The Kier molecular flexibility index (Phi) is 3.63. The highest BCUT2D eigenvalue weighted by atomic mass is 19.2. The molecule has 0 saturated carbocycles. The van der Waals surface area contributed by atoms with E-state index in [1.54, 1.807) is 6.07 Å². The van der Waals surface area contributed by atoms with Crippen LogP contribution in [0.2, 0.25) is 0 Å². The summed E-state index contributed by atoms with van der Waals surface area (Å²) in [6, 6.07) is 5.58. The van der Waals surface area contributed by atoms with Crippen LogP contribution in [-0.2, 0) is 17.9 Å². The third kappa shape index (κ3) is 2.71. The fourth-order valence-corrected chi connectivity index (χ4v) is 3.19. The number of anilines is 2. The van der Waals surface area contributed by atoms with E-state index in [1.165, 1.54) is 16.7 Å². The fourth-order valence-electron chi connectivity index (χ4n) is 3.19. The Labute approximate surface area is 141 Å². The van der Waals surface area contributed by atoms with E-state index >= 15 is 0 Å². The first kappa shape index (κ1) is 15.6. The highest BCUT2D eigenvalue weighted by Crippen LogP contribution is 2.27. The lowest BCUT2D eigenvalue weighted by atomic mass is 10.2. The minimum absolute atomic E-state index is 0.0105. The normalized spacial score (nSPS) is 18.6. The van der Waals surface area contributed by atoms with Gasteiger partial charge in [0.15, 0.2) is 11.6 Å². The molecule has 1 unspecified atom stereocenters. The minimum Gasteiger partial charge on any atom is -0.366 e. The molecule has 2 aliphatic rings. The molecule has 4 rings (SSSR count). The second kappa shape index (κ2) is 5.83. The third-order valence-electron chi connectivity index (χ3n) is 4.46. The Hall–Kier alpha value is -2.97. The van der Waals surface area contributed by atoms with Crippen LogP contribution in [0.4, 0.5) is 20.4 Å². The molecule has 1 fully saturated rings. The third-order valence-corrected chi connectivity index (χ3v) is 4.46. The number of hydrogen-bond acceptors (Lipinski definition) is 5. The van der Waals surface area contributed by atoms with E-state index in [0.717, 1.165) is 6.07 Å². The molecule has 7 nitrogen and oxygen atoms in total. The maximum Gasteiger partial charge on any atom is 0.351 e. The number of hydrogen-bond donors (Lipinski definition) is 2. The first-order valence-corrected chi connectivity index (χ1v) is 7.85. The van der Waals surface area contributed by atoms with Crippen LogP contribution < -0.4 is 21.2 Å². The molecule has 0 aliphatic carbocycles. The van der Waals surface area contributed by atoms with Crippen molar-refractivity contribution in [3.63, 3.8) is 0 Å². The number of carbonyl (C=O) groups is 1. The zero-order valence-corrected chi connectivity index (χ0v) is 13.1. The molecule has 1 amide bonds. The molecule has 1 atom stereocenters. The van der Waals surface area contributed by atoms with Gasteiger partial charge in [0.1, 0.15) is 11.6 Å². The fraction of sp³-hybridized carbons (Fsp3) is 0.312. The van der Waals surface area contributed by atoms with Crippen molar-refractivity contribution in [2.45, 2.75) is 19.1 Å². The van der Waals surface area contributed by atoms with Gasteiger partial charge in [0.05, 0.1) is 19.1 Å². The van der Waals surface area contributed by atoms with Crippen molar-refractivity contribution in [1.29, 1.82) is 0 Å². The van der Waals surface area contributed by atoms with Crippen molar-refractivity contribution in [1.82, 2.24) is 14.9 Å². The van der Waals surface area contributed by atoms with Gasteiger partial charge in [-0.3, -0.25) is 9.36 Å². The van der Waals surface area contributed by atoms with Crippen LogP contribution in [0.15, 0.2) is 29.1 Å². The minimum atomic E-state index is -0.930. The molecule has 130 valence electrons. The lowest BCUT2D eigenvalue weighted by Crippen LogP contribution is -2.52. The predicted octanol–water partition coefficient (Wildman–Crippen LogP) is 0.452. The number of carbonyl (C=O) groups excluding carboxylic acids is 1. The summed E-state index contributed by atoms with van der Waals surface area (Å²) in [6.07, 6.45) is 0. The number of halogens is 2. The van der Waals surface area contributed by atoms with Crippen molar-refractivity contribution in [2.75, 3.05) is 23.3 Å². The molecule has 2 N–H and O–H groups in total. The molecule has 0 bridgehead atoms. The monoisotopic (exact) mass is 347 g/mol. The van der Waals surface area contributed by atoms with E-state index in [0.29, 0.717) is 18.9 Å². The number of fused-ring (bicyclic) bond motifs is 3. The molecular weight excluding hydrogens is 332 g/mol. The van der Waals surface area contributed by atoms with Gasteiger partial charge in [-0.15, -0.1) is 0 Å². The Morgan fingerprint density at radius 3 is 3.00 bits per heavy atom. The molecule has 9 heteroatoms. The average Bonchev–Trinajstić information content (AvgIpc) is 2.95. The summed E-state index contributed by atoms with van der Waals surface area (Å²) in [6.45, 7) is 1.09. The molecule has 1 aromatic carbocycles. The lowest BCUT2D eigenvalue weighted by Gasteiger charge is -2.30. The first-order valence-electron chi connectivity index (χ1n) is 7.85. The van der Waals surface area contributed by atoms with E-state index in [-0.39, 0.29) is 36.4 Å². The summed E-state index contributed by atoms with van der Waals surface area (Å²) in [7, 11) is 0. The summed E-state index contributed by atoms with van der Waals surface area (Å²) in [5, 5.41) is 5.62.